The summed E-state index contributed by atoms with van der Waals surface area (Å²) in [7, 11) is 2.86. The first-order valence-corrected chi connectivity index (χ1v) is 7.53. The largest absolute Gasteiger partial charge is 0.495 e. The summed E-state index contributed by atoms with van der Waals surface area (Å²) in [5, 5.41) is 1.41. The highest BCUT2D eigenvalue weighted by Gasteiger charge is 2.20. The number of carbonyl (C=O) groups excluding carboxylic acids is 2. The van der Waals surface area contributed by atoms with E-state index in [1.165, 1.54) is 18.4 Å². The van der Waals surface area contributed by atoms with Crippen LogP contribution in [-0.2, 0) is 9.53 Å². The second-order valence-electron chi connectivity index (χ2n) is 4.69. The van der Waals surface area contributed by atoms with Gasteiger partial charge in [0.15, 0.2) is 5.78 Å². The predicted molar refractivity (Wildman–Crippen MR) is 83.5 cm³/mol. The fraction of sp³-hybridized carbons (Fsp3) is 0.333. The van der Waals surface area contributed by atoms with Gasteiger partial charge in [-0.2, -0.15) is 0 Å². The summed E-state index contributed by atoms with van der Waals surface area (Å²) >= 11 is 7.43. The third kappa shape index (κ3) is 3.36. The molecular weight excluding hydrogens is 312 g/mol. The molecule has 112 valence electrons. The average molecular weight is 327 g/mol. The molecule has 0 aliphatic carbocycles. The van der Waals surface area contributed by atoms with Crippen molar-refractivity contribution < 1.29 is 19.1 Å². The Morgan fingerprint density at radius 2 is 2.00 bits per heavy atom. The molecule has 0 N–H and O–H groups in total. The van der Waals surface area contributed by atoms with Gasteiger partial charge in [-0.1, -0.05) is 18.5 Å². The minimum Gasteiger partial charge on any atom is -0.495 e. The first kappa shape index (κ1) is 15.8. The van der Waals surface area contributed by atoms with Crippen molar-refractivity contribution >= 4 is 44.8 Å². The van der Waals surface area contributed by atoms with E-state index in [0.717, 1.165) is 10.1 Å². The summed E-state index contributed by atoms with van der Waals surface area (Å²) in [6.07, 6.45) is 0.129. The smallest absolute Gasteiger partial charge is 0.308 e. The molecule has 0 aliphatic heterocycles. The highest BCUT2D eigenvalue weighted by molar-refractivity contribution is 7.20. The first-order valence-electron chi connectivity index (χ1n) is 6.34. The molecule has 0 unspecified atom stereocenters. The van der Waals surface area contributed by atoms with E-state index in [0.29, 0.717) is 15.6 Å². The molecular formula is C15H15ClO4S. The van der Waals surface area contributed by atoms with Gasteiger partial charge in [-0.25, -0.2) is 0 Å². The lowest BCUT2D eigenvalue weighted by molar-refractivity contribution is -0.144. The molecule has 21 heavy (non-hydrogen) atoms. The number of thiophene rings is 1. The molecule has 0 aliphatic rings. The normalized spacial score (nSPS) is 12.2. The average Bonchev–Trinajstić information content (AvgIpc) is 2.87. The molecule has 2 rings (SSSR count). The van der Waals surface area contributed by atoms with E-state index in [1.54, 1.807) is 32.2 Å². The van der Waals surface area contributed by atoms with Gasteiger partial charge in [-0.15, -0.1) is 11.3 Å². The SMILES string of the molecule is COC(=O)[C@@H](C)CC(=O)c1cc2cc(OC)c(Cl)cc2s1. The van der Waals surface area contributed by atoms with Gasteiger partial charge in [0.25, 0.3) is 0 Å². The van der Waals surface area contributed by atoms with Gasteiger partial charge in [0.05, 0.1) is 30.0 Å². The number of methoxy groups -OCH3 is 2. The summed E-state index contributed by atoms with van der Waals surface area (Å²) in [6.45, 7) is 1.68. The standard InChI is InChI=1S/C15H15ClO4S/c1-8(15(18)20-3)4-11(17)14-6-9-5-12(19-2)10(16)7-13(9)21-14/h5-8H,4H2,1-3H3/t8-/m0/s1. The predicted octanol–water partition coefficient (Wildman–Crippen LogP) is 3.95. The zero-order valence-corrected chi connectivity index (χ0v) is 13.5. The topological polar surface area (TPSA) is 52.6 Å². The quantitative estimate of drug-likeness (QED) is 0.616. The molecule has 1 aromatic carbocycles. The van der Waals surface area contributed by atoms with Crippen molar-refractivity contribution in [3.8, 4) is 5.75 Å². The zero-order valence-electron chi connectivity index (χ0n) is 11.9. The Labute approximate surface area is 131 Å². The van der Waals surface area contributed by atoms with Crippen LogP contribution in [0.2, 0.25) is 5.02 Å². The summed E-state index contributed by atoms with van der Waals surface area (Å²) in [5.74, 6) is -0.340. The van der Waals surface area contributed by atoms with Crippen molar-refractivity contribution in [2.45, 2.75) is 13.3 Å². The van der Waals surface area contributed by atoms with E-state index in [9.17, 15) is 9.59 Å². The van der Waals surface area contributed by atoms with E-state index in [2.05, 4.69) is 4.74 Å². The van der Waals surface area contributed by atoms with Crippen LogP contribution in [0.1, 0.15) is 23.0 Å². The number of hydrogen-bond donors (Lipinski definition) is 0. The Balaban J connectivity index is 2.26. The van der Waals surface area contributed by atoms with Gasteiger partial charge in [0.2, 0.25) is 0 Å². The highest BCUT2D eigenvalue weighted by atomic mass is 35.5. The summed E-state index contributed by atoms with van der Waals surface area (Å²) in [6, 6.07) is 5.38. The lowest BCUT2D eigenvalue weighted by atomic mass is 10.0. The molecule has 1 atom stereocenters. The fourth-order valence-corrected chi connectivity index (χ4v) is 3.34. The maximum absolute atomic E-state index is 12.2. The fourth-order valence-electron chi connectivity index (χ4n) is 2.00. The van der Waals surface area contributed by atoms with Crippen LogP contribution < -0.4 is 4.74 Å². The molecule has 1 aromatic heterocycles. The Kier molecular flexibility index (Phi) is 4.85. The van der Waals surface area contributed by atoms with Crippen LogP contribution in [0.4, 0.5) is 0 Å². The molecule has 0 saturated heterocycles. The molecule has 0 bridgehead atoms. The zero-order chi connectivity index (χ0) is 15.6. The van der Waals surface area contributed by atoms with Crippen molar-refractivity contribution in [2.24, 2.45) is 5.92 Å². The number of rotatable bonds is 5. The van der Waals surface area contributed by atoms with E-state index >= 15 is 0 Å². The van der Waals surface area contributed by atoms with Gasteiger partial charge in [0, 0.05) is 11.1 Å². The van der Waals surface area contributed by atoms with Crippen LogP contribution >= 0.6 is 22.9 Å². The minimum atomic E-state index is -0.453. The Morgan fingerprint density at radius 3 is 2.62 bits per heavy atom. The maximum Gasteiger partial charge on any atom is 0.308 e. The van der Waals surface area contributed by atoms with Crippen molar-refractivity contribution in [1.82, 2.24) is 0 Å². The number of ketones is 1. The van der Waals surface area contributed by atoms with Crippen molar-refractivity contribution in [2.75, 3.05) is 14.2 Å². The summed E-state index contributed by atoms with van der Waals surface area (Å²) in [4.78, 5) is 24.2. The molecule has 0 radical (unpaired) electrons. The number of ether oxygens (including phenoxy) is 2. The Hall–Kier alpha value is -1.59. The number of esters is 1. The van der Waals surface area contributed by atoms with Crippen LogP contribution in [0.5, 0.6) is 5.75 Å². The number of benzene rings is 1. The monoisotopic (exact) mass is 326 g/mol. The van der Waals surface area contributed by atoms with Crippen molar-refractivity contribution in [3.63, 3.8) is 0 Å². The van der Waals surface area contributed by atoms with Gasteiger partial charge < -0.3 is 9.47 Å². The third-order valence-electron chi connectivity index (χ3n) is 3.16. The molecule has 2 aromatic rings. The lowest BCUT2D eigenvalue weighted by Crippen LogP contribution is -2.16. The van der Waals surface area contributed by atoms with Crippen LogP contribution in [-0.4, -0.2) is 26.0 Å². The van der Waals surface area contributed by atoms with Gasteiger partial charge in [-0.05, 0) is 23.6 Å². The van der Waals surface area contributed by atoms with Crippen LogP contribution in [0.25, 0.3) is 10.1 Å². The van der Waals surface area contributed by atoms with E-state index in [-0.39, 0.29) is 18.2 Å². The summed E-state index contributed by atoms with van der Waals surface area (Å²) in [5.41, 5.74) is 0. The maximum atomic E-state index is 12.2. The van der Waals surface area contributed by atoms with Crippen LogP contribution in [0.3, 0.4) is 0 Å². The van der Waals surface area contributed by atoms with E-state index in [1.807, 2.05) is 0 Å². The molecule has 0 spiro atoms. The molecule has 6 heteroatoms. The second kappa shape index (κ2) is 6.45. The molecule has 4 nitrogen and oxygen atoms in total. The van der Waals surface area contributed by atoms with Gasteiger partial charge in [-0.3, -0.25) is 9.59 Å². The lowest BCUT2D eigenvalue weighted by Gasteiger charge is -2.06. The van der Waals surface area contributed by atoms with Crippen molar-refractivity contribution in [3.05, 3.63) is 28.1 Å². The number of carbonyl (C=O) groups is 2. The van der Waals surface area contributed by atoms with E-state index < -0.39 is 5.92 Å². The Bertz CT molecular complexity index is 692. The number of fused-ring (bicyclic) bond motifs is 1. The van der Waals surface area contributed by atoms with Crippen LogP contribution in [0, 0.1) is 5.92 Å². The van der Waals surface area contributed by atoms with Gasteiger partial charge >= 0.3 is 5.97 Å². The number of halogens is 1. The number of Topliss-reactive ketones (excluding diaryl/α,β-unsaturated/α-hetero) is 1. The van der Waals surface area contributed by atoms with Crippen molar-refractivity contribution in [1.29, 1.82) is 0 Å². The molecule has 0 amide bonds. The minimum absolute atomic E-state index is 0.0795. The Morgan fingerprint density at radius 1 is 1.29 bits per heavy atom. The highest BCUT2D eigenvalue weighted by Crippen LogP contribution is 2.35. The first-order chi connectivity index (χ1) is 9.96. The van der Waals surface area contributed by atoms with E-state index in [4.69, 9.17) is 16.3 Å². The molecule has 0 fully saturated rings. The third-order valence-corrected chi connectivity index (χ3v) is 4.59. The van der Waals surface area contributed by atoms with Crippen LogP contribution in [0.15, 0.2) is 18.2 Å². The summed E-state index contributed by atoms with van der Waals surface area (Å²) < 4.78 is 10.7. The molecule has 0 saturated carbocycles. The molecule has 1 heterocycles. The number of hydrogen-bond acceptors (Lipinski definition) is 5. The second-order valence-corrected chi connectivity index (χ2v) is 6.18. The van der Waals surface area contributed by atoms with Gasteiger partial charge in [0.1, 0.15) is 5.75 Å².